The van der Waals surface area contributed by atoms with Gasteiger partial charge in [-0.3, -0.25) is 9.97 Å². The molecule has 2 N–H and O–H groups in total. The molecule has 29 heavy (non-hydrogen) atoms. The van der Waals surface area contributed by atoms with E-state index in [-0.39, 0.29) is 0 Å². The Bertz CT molecular complexity index is 1330. The molecule has 1 unspecified atom stereocenters. The first-order chi connectivity index (χ1) is 14.1. The average molecular weight is 400 g/mol. The number of aromatic nitrogens is 3. The van der Waals surface area contributed by atoms with Gasteiger partial charge in [0.15, 0.2) is 0 Å². The van der Waals surface area contributed by atoms with E-state index in [9.17, 15) is 5.11 Å². The number of rotatable bonds is 3. The maximum Gasteiger partial charge on any atom is 0.121 e. The van der Waals surface area contributed by atoms with Gasteiger partial charge < -0.3 is 10.1 Å². The summed E-state index contributed by atoms with van der Waals surface area (Å²) in [5, 5.41) is 13.5. The van der Waals surface area contributed by atoms with Crippen molar-refractivity contribution in [3.05, 3.63) is 95.0 Å². The highest BCUT2D eigenvalue weighted by Gasteiger charge is 2.15. The molecule has 0 bridgehead atoms. The Hall–Kier alpha value is -3.21. The van der Waals surface area contributed by atoms with E-state index in [0.717, 1.165) is 44.2 Å². The fourth-order valence-corrected chi connectivity index (χ4v) is 4.03. The molecule has 3 aromatic heterocycles. The number of hydrogen-bond acceptors (Lipinski definition) is 3. The third kappa shape index (κ3) is 3.07. The molecule has 5 aromatic rings. The Morgan fingerprint density at radius 1 is 0.897 bits per heavy atom. The van der Waals surface area contributed by atoms with E-state index < -0.39 is 6.10 Å². The van der Waals surface area contributed by atoms with Crippen LogP contribution in [0.2, 0.25) is 5.02 Å². The van der Waals surface area contributed by atoms with Crippen LogP contribution in [0.1, 0.15) is 23.1 Å². The Balaban J connectivity index is 1.62. The lowest BCUT2D eigenvalue weighted by atomic mass is 9.98. The van der Waals surface area contributed by atoms with Crippen LogP contribution in [0.25, 0.3) is 32.9 Å². The highest BCUT2D eigenvalue weighted by Crippen LogP contribution is 2.36. The first kappa shape index (κ1) is 17.9. The quantitative estimate of drug-likeness (QED) is 0.401. The first-order valence-corrected chi connectivity index (χ1v) is 9.75. The average Bonchev–Trinajstić information content (AvgIpc) is 3.13. The largest absolute Gasteiger partial charge is 0.382 e. The van der Waals surface area contributed by atoms with Gasteiger partial charge >= 0.3 is 0 Å². The third-order valence-corrected chi connectivity index (χ3v) is 5.51. The highest BCUT2D eigenvalue weighted by molar-refractivity contribution is 6.32. The number of halogens is 1. The van der Waals surface area contributed by atoms with Crippen LogP contribution in [-0.4, -0.2) is 20.1 Å². The Labute approximate surface area is 172 Å². The zero-order valence-corrected chi connectivity index (χ0v) is 16.5. The number of benzene rings is 2. The molecule has 0 saturated heterocycles. The summed E-state index contributed by atoms with van der Waals surface area (Å²) in [4.78, 5) is 12.2. The smallest absolute Gasteiger partial charge is 0.121 e. The molecule has 0 aliphatic rings. The van der Waals surface area contributed by atoms with Gasteiger partial charge in [0.25, 0.3) is 0 Å². The van der Waals surface area contributed by atoms with Gasteiger partial charge in [-0.1, -0.05) is 41.9 Å². The number of nitrogens with one attached hydrogen (secondary N) is 1. The maximum absolute atomic E-state index is 10.6. The fourth-order valence-electron chi connectivity index (χ4n) is 3.81. The number of aliphatic hydroxyl groups is 1. The normalized spacial score (nSPS) is 12.5. The molecule has 0 aliphatic carbocycles. The molecule has 5 heteroatoms. The molecule has 0 fully saturated rings. The molecule has 4 nitrogen and oxygen atoms in total. The van der Waals surface area contributed by atoms with Gasteiger partial charge in [0.1, 0.15) is 6.10 Å². The number of fused-ring (bicyclic) bond motifs is 3. The second-order valence-electron chi connectivity index (χ2n) is 7.10. The minimum absolute atomic E-state index is 0.629. The standard InChI is InChI=1S/C24H18ClN3O/c1-14-22-18(9-11-26-14)20-13-17(25)12-19(23(20)28-22)15-5-7-16(8-6-15)24(29)21-4-2-3-10-27-21/h2-13,24,28-29H,1H3. The molecule has 2 aromatic carbocycles. The van der Waals surface area contributed by atoms with Crippen LogP contribution in [0.4, 0.5) is 0 Å². The van der Waals surface area contributed by atoms with E-state index in [1.165, 1.54) is 0 Å². The summed E-state index contributed by atoms with van der Waals surface area (Å²) in [7, 11) is 0. The molecule has 3 heterocycles. The second-order valence-corrected chi connectivity index (χ2v) is 7.54. The first-order valence-electron chi connectivity index (χ1n) is 9.37. The Kier molecular flexibility index (Phi) is 4.31. The number of aromatic amines is 1. The van der Waals surface area contributed by atoms with Crippen molar-refractivity contribution in [1.82, 2.24) is 15.0 Å². The molecule has 0 amide bonds. The number of H-pyrrole nitrogens is 1. The van der Waals surface area contributed by atoms with Crippen LogP contribution in [0.5, 0.6) is 0 Å². The number of aliphatic hydroxyl groups excluding tert-OH is 1. The molecule has 0 saturated carbocycles. The van der Waals surface area contributed by atoms with Crippen LogP contribution in [0.15, 0.2) is 73.1 Å². The summed E-state index contributed by atoms with van der Waals surface area (Å²) in [6.45, 7) is 1.99. The van der Waals surface area contributed by atoms with Crippen LogP contribution in [-0.2, 0) is 0 Å². The number of nitrogens with zero attached hydrogens (tertiary/aromatic N) is 2. The Morgan fingerprint density at radius 3 is 2.48 bits per heavy atom. The minimum Gasteiger partial charge on any atom is -0.382 e. The minimum atomic E-state index is -0.758. The zero-order valence-electron chi connectivity index (χ0n) is 15.7. The number of pyridine rings is 2. The van der Waals surface area contributed by atoms with E-state index in [0.29, 0.717) is 10.7 Å². The van der Waals surface area contributed by atoms with Gasteiger partial charge in [0.2, 0.25) is 0 Å². The lowest BCUT2D eigenvalue weighted by Gasteiger charge is -2.12. The molecular weight excluding hydrogens is 382 g/mol. The molecule has 0 aliphatic heterocycles. The van der Waals surface area contributed by atoms with Crippen molar-refractivity contribution in [3.63, 3.8) is 0 Å². The van der Waals surface area contributed by atoms with Gasteiger partial charge in [-0.25, -0.2) is 0 Å². The molecular formula is C24H18ClN3O. The predicted molar refractivity (Wildman–Crippen MR) is 117 cm³/mol. The topological polar surface area (TPSA) is 61.8 Å². The summed E-state index contributed by atoms with van der Waals surface area (Å²) in [5.74, 6) is 0. The van der Waals surface area contributed by atoms with Crippen molar-refractivity contribution in [2.45, 2.75) is 13.0 Å². The van der Waals surface area contributed by atoms with Crippen molar-refractivity contribution < 1.29 is 5.11 Å². The van der Waals surface area contributed by atoms with E-state index in [1.807, 2.05) is 73.8 Å². The summed E-state index contributed by atoms with van der Waals surface area (Å²) in [6, 6.07) is 19.3. The molecule has 142 valence electrons. The van der Waals surface area contributed by atoms with E-state index in [2.05, 4.69) is 15.0 Å². The van der Waals surface area contributed by atoms with Crippen molar-refractivity contribution in [1.29, 1.82) is 0 Å². The molecule has 0 spiro atoms. The van der Waals surface area contributed by atoms with Crippen LogP contribution in [0.3, 0.4) is 0 Å². The lowest BCUT2D eigenvalue weighted by Crippen LogP contribution is -2.01. The molecule has 0 radical (unpaired) electrons. The van der Waals surface area contributed by atoms with Gasteiger partial charge in [-0.05, 0) is 48.4 Å². The van der Waals surface area contributed by atoms with Gasteiger partial charge in [-0.2, -0.15) is 0 Å². The van der Waals surface area contributed by atoms with Gasteiger partial charge in [-0.15, -0.1) is 0 Å². The van der Waals surface area contributed by atoms with E-state index in [1.54, 1.807) is 6.20 Å². The number of aryl methyl sites for hydroxylation is 1. The second kappa shape index (κ2) is 6.99. The lowest BCUT2D eigenvalue weighted by molar-refractivity contribution is 0.215. The van der Waals surface area contributed by atoms with Crippen LogP contribution < -0.4 is 0 Å². The Morgan fingerprint density at radius 2 is 1.72 bits per heavy atom. The highest BCUT2D eigenvalue weighted by atomic mass is 35.5. The summed E-state index contributed by atoms with van der Waals surface area (Å²) in [5.41, 5.74) is 6.46. The van der Waals surface area contributed by atoms with Crippen molar-refractivity contribution >= 4 is 33.4 Å². The van der Waals surface area contributed by atoms with Crippen molar-refractivity contribution in [3.8, 4) is 11.1 Å². The van der Waals surface area contributed by atoms with Crippen LogP contribution >= 0.6 is 11.6 Å². The van der Waals surface area contributed by atoms with Crippen molar-refractivity contribution in [2.24, 2.45) is 0 Å². The molecule has 5 rings (SSSR count). The monoisotopic (exact) mass is 399 g/mol. The third-order valence-electron chi connectivity index (χ3n) is 5.29. The van der Waals surface area contributed by atoms with Crippen molar-refractivity contribution in [2.75, 3.05) is 0 Å². The number of hydrogen-bond donors (Lipinski definition) is 2. The van der Waals surface area contributed by atoms with E-state index >= 15 is 0 Å². The summed E-state index contributed by atoms with van der Waals surface area (Å²) in [6.07, 6.45) is 2.74. The summed E-state index contributed by atoms with van der Waals surface area (Å²) >= 11 is 6.45. The van der Waals surface area contributed by atoms with Gasteiger partial charge in [0.05, 0.1) is 22.4 Å². The predicted octanol–water partition coefficient (Wildman–Crippen LogP) is 5.82. The molecule has 1 atom stereocenters. The maximum atomic E-state index is 10.6. The fraction of sp³-hybridized carbons (Fsp3) is 0.0833. The van der Waals surface area contributed by atoms with E-state index in [4.69, 9.17) is 11.6 Å². The van der Waals surface area contributed by atoms with Crippen LogP contribution in [0, 0.1) is 6.92 Å². The SMILES string of the molecule is Cc1nccc2c1[nH]c1c(-c3ccc(C(O)c4ccccn4)cc3)cc(Cl)cc12. The van der Waals surface area contributed by atoms with Gasteiger partial charge in [0, 0.05) is 33.8 Å². The zero-order chi connectivity index (χ0) is 20.0. The summed E-state index contributed by atoms with van der Waals surface area (Å²) < 4.78 is 0.